The number of Topliss-reactive ketones (excluding diaryl/α,β-unsaturated/α-hetero) is 1. The molecule has 4 aliphatic rings. The summed E-state index contributed by atoms with van der Waals surface area (Å²) in [6.45, 7) is 2.06. The Hall–Kier alpha value is -2.63. The average molecular weight is 629 g/mol. The molecule has 9 atom stereocenters. The Balaban J connectivity index is 1.38. The lowest BCUT2D eigenvalue weighted by Gasteiger charge is -2.62. The van der Waals surface area contributed by atoms with Crippen molar-refractivity contribution in [3.05, 3.63) is 23.8 Å². The molecule has 0 spiro atoms. The molecule has 2 unspecified atom stereocenters. The number of aliphatic hydroxyl groups is 3. The maximum atomic E-state index is 17.2. The van der Waals surface area contributed by atoms with E-state index in [1.165, 1.54) is 25.2 Å². The molecule has 0 aromatic carbocycles. The van der Waals surface area contributed by atoms with Crippen molar-refractivity contribution in [2.45, 2.75) is 88.3 Å². The molecular weight excluding hydrogens is 587 g/mol. The number of halogens is 1. The van der Waals surface area contributed by atoms with Gasteiger partial charge in [-0.3, -0.25) is 34.4 Å². The van der Waals surface area contributed by atoms with Crippen molar-refractivity contribution < 1.29 is 63.6 Å². The van der Waals surface area contributed by atoms with Gasteiger partial charge in [0.05, 0.1) is 37.2 Å². The summed E-state index contributed by atoms with van der Waals surface area (Å²) in [5, 5.41) is 50.6. The van der Waals surface area contributed by atoms with E-state index in [9.17, 15) is 34.5 Å². The van der Waals surface area contributed by atoms with Gasteiger partial charge in [-0.25, -0.2) is 4.39 Å². The maximum Gasteiger partial charge on any atom is 0.323 e. The molecule has 0 aromatic heterocycles. The summed E-state index contributed by atoms with van der Waals surface area (Å²) in [4.78, 5) is 54.2. The minimum absolute atomic E-state index is 0.0524. The Labute approximate surface area is 253 Å². The maximum absolute atomic E-state index is 17.2. The zero-order valence-electron chi connectivity index (χ0n) is 24.7. The van der Waals surface area contributed by atoms with Crippen LogP contribution in [-0.2, 0) is 33.5 Å². The monoisotopic (exact) mass is 628 g/mol. The first-order valence-corrected chi connectivity index (χ1v) is 14.7. The number of hydrogen-bond acceptors (Lipinski definition) is 14. The van der Waals surface area contributed by atoms with Crippen LogP contribution in [0.5, 0.6) is 0 Å². The van der Waals surface area contributed by atoms with Gasteiger partial charge in [0.25, 0.3) is 0 Å². The first kappa shape index (κ1) is 34.2. The molecule has 246 valence electrons. The molecule has 15 heteroatoms. The smallest absolute Gasteiger partial charge is 0.323 e. The summed E-state index contributed by atoms with van der Waals surface area (Å²) in [6.07, 6.45) is 0.936. The fourth-order valence-corrected chi connectivity index (χ4v) is 7.94. The van der Waals surface area contributed by atoms with Crippen LogP contribution in [0.15, 0.2) is 23.8 Å². The fourth-order valence-electron chi connectivity index (χ4n) is 7.94. The van der Waals surface area contributed by atoms with Crippen LogP contribution in [0, 0.1) is 22.7 Å². The number of aliphatic hydroxyl groups excluding tert-OH is 2. The van der Waals surface area contributed by atoms with Crippen LogP contribution in [0.2, 0.25) is 0 Å². The highest BCUT2D eigenvalue weighted by Crippen LogP contribution is 2.69. The van der Waals surface area contributed by atoms with E-state index >= 15 is 4.39 Å². The summed E-state index contributed by atoms with van der Waals surface area (Å²) in [5.41, 5.74) is -1.18. The van der Waals surface area contributed by atoms with E-state index in [0.29, 0.717) is 24.8 Å². The molecule has 0 aliphatic heterocycles. The van der Waals surface area contributed by atoms with E-state index < -0.39 is 88.3 Å². The number of alkyl halides is 1. The summed E-state index contributed by atoms with van der Waals surface area (Å²) >= 11 is 0. The zero-order chi connectivity index (χ0) is 32.7. The zero-order valence-corrected chi connectivity index (χ0v) is 24.7. The summed E-state index contributed by atoms with van der Waals surface area (Å²) in [7, 11) is 0. The third kappa shape index (κ3) is 5.64. The van der Waals surface area contributed by atoms with E-state index in [1.54, 1.807) is 6.92 Å². The second kappa shape index (κ2) is 12.6. The molecule has 3 fully saturated rings. The van der Waals surface area contributed by atoms with Gasteiger partial charge in [0.15, 0.2) is 23.7 Å². The number of carbonyl (C=O) groups excluding carboxylic acids is 4. The van der Waals surface area contributed by atoms with Crippen molar-refractivity contribution in [3.8, 4) is 0 Å². The molecule has 0 aromatic rings. The van der Waals surface area contributed by atoms with Gasteiger partial charge in [-0.15, -0.1) is 0 Å². The molecule has 0 amide bonds. The number of ether oxygens (including phenoxy) is 2. The minimum Gasteiger partial charge on any atom is -0.465 e. The number of nitrogens with two attached hydrogens (primary N) is 1. The van der Waals surface area contributed by atoms with Crippen LogP contribution in [0.4, 0.5) is 4.39 Å². The molecule has 0 bridgehead atoms. The number of nitrogens with zero attached hydrogens (tertiary/aromatic N) is 1. The first-order valence-electron chi connectivity index (χ1n) is 14.7. The summed E-state index contributed by atoms with van der Waals surface area (Å²) in [5.74, 6) is -4.82. The lowest BCUT2D eigenvalue weighted by Crippen LogP contribution is -2.69. The van der Waals surface area contributed by atoms with Crippen LogP contribution in [0.25, 0.3) is 0 Å². The van der Waals surface area contributed by atoms with E-state index in [2.05, 4.69) is 4.84 Å². The number of allylic oxidation sites excluding steroid dienone is 4. The highest BCUT2D eigenvalue weighted by Gasteiger charge is 2.76. The Morgan fingerprint density at radius 2 is 1.80 bits per heavy atom. The molecule has 44 heavy (non-hydrogen) atoms. The molecule has 14 nitrogen and oxygen atoms in total. The number of rotatable bonds is 12. The van der Waals surface area contributed by atoms with Crippen molar-refractivity contribution in [1.82, 2.24) is 5.39 Å². The number of ketones is 2. The number of fused-ring (bicyclic) bond motifs is 5. The Bertz CT molecular complexity index is 1230. The predicted octanol–water partition coefficient (Wildman–Crippen LogP) is 0.224. The van der Waals surface area contributed by atoms with E-state index in [-0.39, 0.29) is 38.3 Å². The number of hydrogen-bond donors (Lipinski definition) is 6. The Morgan fingerprint density at radius 3 is 2.48 bits per heavy atom. The third-order valence-corrected chi connectivity index (χ3v) is 10.3. The minimum atomic E-state index is -2.47. The lowest BCUT2D eigenvalue weighted by molar-refractivity contribution is -0.492. The van der Waals surface area contributed by atoms with Crippen molar-refractivity contribution in [2.24, 2.45) is 28.4 Å². The van der Waals surface area contributed by atoms with E-state index in [4.69, 9.17) is 25.6 Å². The van der Waals surface area contributed by atoms with Gasteiger partial charge in [0, 0.05) is 16.7 Å². The normalized spacial score (nSPS) is 38.3. The average Bonchev–Trinajstić information content (AvgIpc) is 3.15. The highest BCUT2D eigenvalue weighted by atomic mass is 19.1. The van der Waals surface area contributed by atoms with Crippen LogP contribution >= 0.6 is 0 Å². The number of unbranched alkanes of at least 4 members (excludes halogenated alkanes) is 1. The van der Waals surface area contributed by atoms with Crippen molar-refractivity contribution in [1.29, 1.82) is 0 Å². The van der Waals surface area contributed by atoms with Crippen molar-refractivity contribution in [3.63, 3.8) is 0 Å². The number of carbonyl (C=O) groups is 4. The van der Waals surface area contributed by atoms with Gasteiger partial charge in [-0.2, -0.15) is 0 Å². The second-order valence-corrected chi connectivity index (χ2v) is 12.6. The molecule has 4 aliphatic carbocycles. The number of esters is 2. The van der Waals surface area contributed by atoms with Crippen molar-refractivity contribution >= 4 is 23.5 Å². The van der Waals surface area contributed by atoms with Gasteiger partial charge in [0.2, 0.25) is 5.78 Å². The molecule has 4 rings (SSSR count). The molecule has 0 saturated heterocycles. The standard InChI is InChI=1S/C29H41FN2O12/c1-26-8-7-17(33)11-16(26)5-6-18-19-12-21(34)29(39,27(19,2)14-22(35)28(18,26)30)23(36)15-43-24(37)13-20(31)25(38)42-9-3-4-10-44-32(40)41/h7-8,11,18-22,34-35,39-41H,3-6,9-10,12-15,31H2,1-2H3/t18-,19-,20?,21+,22-,26-,27-,28?,29-/m0/s1. The van der Waals surface area contributed by atoms with Crippen molar-refractivity contribution in [2.75, 3.05) is 19.8 Å². The lowest BCUT2D eigenvalue weighted by atomic mass is 9.44. The van der Waals surface area contributed by atoms with Crippen LogP contribution in [0.1, 0.15) is 58.8 Å². The fraction of sp³-hybridized carbons (Fsp3) is 0.724. The third-order valence-electron chi connectivity index (χ3n) is 10.3. The van der Waals surface area contributed by atoms with Gasteiger partial charge in [0.1, 0.15) is 6.04 Å². The molecule has 0 heterocycles. The molecule has 3 saturated carbocycles. The SMILES string of the molecule is C[C@]12C=CC(=O)C=C1CC[C@H]1[C@@H]3C[C@@H](O)[C@](O)(C(=O)COC(=O)CC(N)C(=O)OCCCCON(O)O)[C@@]3(C)C[C@H](O)C12F. The molecule has 7 N–H and O–H groups in total. The largest absolute Gasteiger partial charge is 0.465 e. The molecular formula is C29H41FN2O12. The van der Waals surface area contributed by atoms with Gasteiger partial charge in [-0.1, -0.05) is 18.6 Å². The van der Waals surface area contributed by atoms with Gasteiger partial charge >= 0.3 is 11.9 Å². The van der Waals surface area contributed by atoms with Gasteiger partial charge < -0.3 is 30.5 Å². The Morgan fingerprint density at radius 1 is 1.11 bits per heavy atom. The van der Waals surface area contributed by atoms with Crippen LogP contribution in [-0.4, -0.2) is 104 Å². The summed E-state index contributed by atoms with van der Waals surface area (Å²) < 4.78 is 27.2. The first-order chi connectivity index (χ1) is 20.5. The van der Waals surface area contributed by atoms with E-state index in [1.807, 2.05) is 0 Å². The van der Waals surface area contributed by atoms with E-state index in [0.717, 1.165) is 0 Å². The topological polar surface area (TPSA) is 226 Å². The Kier molecular flexibility index (Phi) is 9.84. The highest BCUT2D eigenvalue weighted by molar-refractivity contribution is 6.01. The molecule has 0 radical (unpaired) electrons. The second-order valence-electron chi connectivity index (χ2n) is 12.6. The van der Waals surface area contributed by atoms with Gasteiger partial charge in [-0.05, 0) is 63.5 Å². The summed E-state index contributed by atoms with van der Waals surface area (Å²) in [6, 6.07) is -1.41. The van der Waals surface area contributed by atoms with Crippen LogP contribution in [0.3, 0.4) is 0 Å². The van der Waals surface area contributed by atoms with Crippen LogP contribution < -0.4 is 5.73 Å². The predicted molar refractivity (Wildman–Crippen MR) is 145 cm³/mol. The quantitative estimate of drug-likeness (QED) is 0.0966.